The van der Waals surface area contributed by atoms with E-state index in [0.717, 1.165) is 44.1 Å². The van der Waals surface area contributed by atoms with E-state index in [0.29, 0.717) is 11.5 Å². The maximum Gasteiger partial charge on any atom is 0.120 e. The third-order valence-electron chi connectivity index (χ3n) is 7.27. The topological polar surface area (TPSA) is 52.9 Å². The van der Waals surface area contributed by atoms with Gasteiger partial charge in [0.25, 0.3) is 0 Å². The van der Waals surface area contributed by atoms with Crippen LogP contribution in [0.4, 0.5) is 0 Å². The fourth-order valence-corrected chi connectivity index (χ4v) is 5.21. The summed E-state index contributed by atoms with van der Waals surface area (Å²) in [5, 5.41) is 21.4. The standard InChI is InChI=1S/C26H37NO3/c1-25(2,3)22-7-10-23(11-8-22)30-24-9-6-20-12-19(4-5-21(20)13-24)14-27-15-26(16-27,17-28)18-29/h4-6,9,12-13,22-23,28-29H,7-8,10-11,14-18H2,1-3H3/t22-,23-. The lowest BCUT2D eigenvalue weighted by atomic mass is 9.72. The minimum absolute atomic E-state index is 0.0539. The van der Waals surface area contributed by atoms with Crippen LogP contribution in [0.25, 0.3) is 10.8 Å². The molecule has 0 unspecified atom stereocenters. The van der Waals surface area contributed by atoms with Crippen molar-refractivity contribution in [2.24, 2.45) is 16.7 Å². The quantitative estimate of drug-likeness (QED) is 0.729. The number of hydrogen-bond acceptors (Lipinski definition) is 4. The van der Waals surface area contributed by atoms with E-state index >= 15 is 0 Å². The molecule has 1 aliphatic carbocycles. The Morgan fingerprint density at radius 2 is 1.57 bits per heavy atom. The third kappa shape index (κ3) is 4.66. The van der Waals surface area contributed by atoms with Crippen LogP contribution in [0.1, 0.15) is 52.0 Å². The van der Waals surface area contributed by atoms with E-state index in [4.69, 9.17) is 4.74 Å². The zero-order chi connectivity index (χ0) is 21.4. The summed E-state index contributed by atoms with van der Waals surface area (Å²) in [7, 11) is 0. The molecule has 30 heavy (non-hydrogen) atoms. The molecule has 0 bridgehead atoms. The molecule has 0 spiro atoms. The van der Waals surface area contributed by atoms with E-state index in [1.54, 1.807) is 0 Å². The van der Waals surface area contributed by atoms with E-state index in [-0.39, 0.29) is 18.6 Å². The minimum atomic E-state index is -0.310. The lowest BCUT2D eigenvalue weighted by molar-refractivity contribution is -0.0786. The highest BCUT2D eigenvalue weighted by Crippen LogP contribution is 2.39. The van der Waals surface area contributed by atoms with Crippen molar-refractivity contribution in [3.8, 4) is 5.75 Å². The molecule has 0 aromatic heterocycles. The molecule has 164 valence electrons. The molecule has 4 rings (SSSR count). The van der Waals surface area contributed by atoms with Gasteiger partial charge in [0.15, 0.2) is 0 Å². The fourth-order valence-electron chi connectivity index (χ4n) is 5.21. The van der Waals surface area contributed by atoms with E-state index in [9.17, 15) is 10.2 Å². The van der Waals surface area contributed by atoms with Crippen LogP contribution in [-0.4, -0.2) is 47.5 Å². The molecule has 4 heteroatoms. The van der Waals surface area contributed by atoms with Gasteiger partial charge in [-0.15, -0.1) is 0 Å². The second-order valence-corrected chi connectivity index (χ2v) is 10.8. The Morgan fingerprint density at radius 3 is 2.20 bits per heavy atom. The van der Waals surface area contributed by atoms with Crippen LogP contribution in [0.3, 0.4) is 0 Å². The summed E-state index contributed by atoms with van der Waals surface area (Å²) in [6, 6.07) is 13.0. The van der Waals surface area contributed by atoms with Gasteiger partial charge < -0.3 is 14.9 Å². The van der Waals surface area contributed by atoms with Gasteiger partial charge in [-0.1, -0.05) is 39.0 Å². The van der Waals surface area contributed by atoms with Crippen LogP contribution in [0.2, 0.25) is 0 Å². The zero-order valence-electron chi connectivity index (χ0n) is 18.7. The van der Waals surface area contributed by atoms with Gasteiger partial charge in [-0.3, -0.25) is 4.90 Å². The molecule has 1 saturated heterocycles. The summed E-state index contributed by atoms with van der Waals surface area (Å²) >= 11 is 0. The average Bonchev–Trinajstić information content (AvgIpc) is 2.70. The zero-order valence-corrected chi connectivity index (χ0v) is 18.7. The number of aliphatic hydroxyl groups is 2. The Morgan fingerprint density at radius 1 is 0.933 bits per heavy atom. The maximum absolute atomic E-state index is 9.46. The van der Waals surface area contributed by atoms with Crippen LogP contribution in [0.5, 0.6) is 5.75 Å². The van der Waals surface area contributed by atoms with Crippen LogP contribution >= 0.6 is 0 Å². The van der Waals surface area contributed by atoms with Crippen molar-refractivity contribution in [3.63, 3.8) is 0 Å². The molecule has 2 aromatic carbocycles. The summed E-state index contributed by atoms with van der Waals surface area (Å²) in [5.41, 5.74) is 1.36. The Kier molecular flexibility index (Phi) is 6.11. The van der Waals surface area contributed by atoms with Crippen molar-refractivity contribution in [3.05, 3.63) is 42.0 Å². The largest absolute Gasteiger partial charge is 0.490 e. The van der Waals surface area contributed by atoms with Crippen LogP contribution in [0.15, 0.2) is 36.4 Å². The molecule has 2 fully saturated rings. The second-order valence-electron chi connectivity index (χ2n) is 10.8. The van der Waals surface area contributed by atoms with Gasteiger partial charge >= 0.3 is 0 Å². The number of benzene rings is 2. The average molecular weight is 412 g/mol. The Balaban J connectivity index is 1.35. The molecule has 0 radical (unpaired) electrons. The highest BCUT2D eigenvalue weighted by molar-refractivity contribution is 5.84. The Hall–Kier alpha value is -1.62. The van der Waals surface area contributed by atoms with E-state index in [2.05, 4.69) is 62.1 Å². The first-order valence-electron chi connectivity index (χ1n) is 11.4. The number of nitrogens with zero attached hydrogens (tertiary/aromatic N) is 1. The van der Waals surface area contributed by atoms with Crippen molar-refractivity contribution >= 4 is 10.8 Å². The molecule has 1 heterocycles. The Labute approximate surface area is 180 Å². The predicted molar refractivity (Wildman–Crippen MR) is 122 cm³/mol. The van der Waals surface area contributed by atoms with Crippen LogP contribution < -0.4 is 4.74 Å². The molecular formula is C26H37NO3. The van der Waals surface area contributed by atoms with Gasteiger partial charge in [0.2, 0.25) is 0 Å². The van der Waals surface area contributed by atoms with Crippen molar-refractivity contribution in [1.29, 1.82) is 0 Å². The molecule has 2 N–H and O–H groups in total. The maximum atomic E-state index is 9.46. The normalized spacial score (nSPS) is 24.6. The molecular weight excluding hydrogens is 374 g/mol. The monoisotopic (exact) mass is 411 g/mol. The fraction of sp³-hybridized carbons (Fsp3) is 0.615. The number of ether oxygens (including phenoxy) is 1. The van der Waals surface area contributed by atoms with E-state index in [1.165, 1.54) is 29.2 Å². The van der Waals surface area contributed by atoms with Crippen molar-refractivity contribution < 1.29 is 14.9 Å². The summed E-state index contributed by atoms with van der Waals surface area (Å²) in [6.07, 6.45) is 5.16. The first kappa shape index (κ1) is 21.6. The first-order chi connectivity index (χ1) is 14.3. The lowest BCUT2D eigenvalue weighted by Crippen LogP contribution is -2.59. The second kappa shape index (κ2) is 8.49. The van der Waals surface area contributed by atoms with Gasteiger partial charge in [-0.2, -0.15) is 0 Å². The number of rotatable bonds is 6. The molecule has 1 aliphatic heterocycles. The van der Waals surface area contributed by atoms with E-state index in [1.807, 2.05) is 0 Å². The summed E-state index contributed by atoms with van der Waals surface area (Å²) in [6.45, 7) is 9.53. The third-order valence-corrected chi connectivity index (χ3v) is 7.27. The van der Waals surface area contributed by atoms with Crippen molar-refractivity contribution in [1.82, 2.24) is 4.90 Å². The summed E-state index contributed by atoms with van der Waals surface area (Å²) in [5.74, 6) is 1.78. The first-order valence-corrected chi connectivity index (χ1v) is 11.4. The Bertz CT molecular complexity index is 852. The predicted octanol–water partition coefficient (Wildman–Crippen LogP) is 4.61. The molecule has 0 atom stereocenters. The van der Waals surface area contributed by atoms with Crippen LogP contribution in [0, 0.1) is 16.7 Å². The molecule has 0 amide bonds. The number of likely N-dealkylation sites (tertiary alicyclic amines) is 1. The number of hydrogen-bond donors (Lipinski definition) is 2. The summed E-state index contributed by atoms with van der Waals surface area (Å²) in [4.78, 5) is 2.28. The highest BCUT2D eigenvalue weighted by atomic mass is 16.5. The van der Waals surface area contributed by atoms with Gasteiger partial charge in [-0.05, 0) is 71.6 Å². The highest BCUT2D eigenvalue weighted by Gasteiger charge is 2.41. The van der Waals surface area contributed by atoms with Gasteiger partial charge in [0.1, 0.15) is 5.75 Å². The van der Waals surface area contributed by atoms with Gasteiger partial charge in [-0.25, -0.2) is 0 Å². The molecule has 2 aromatic rings. The minimum Gasteiger partial charge on any atom is -0.490 e. The SMILES string of the molecule is CC(C)(C)[C@H]1CC[C@H](Oc2ccc3cc(CN4CC(CO)(CO)C4)ccc3c2)CC1. The van der Waals surface area contributed by atoms with Crippen molar-refractivity contribution in [2.75, 3.05) is 26.3 Å². The lowest BCUT2D eigenvalue weighted by Gasteiger charge is -2.48. The smallest absolute Gasteiger partial charge is 0.120 e. The number of fused-ring (bicyclic) bond motifs is 1. The molecule has 4 nitrogen and oxygen atoms in total. The number of aliphatic hydroxyl groups excluding tert-OH is 2. The molecule has 2 aliphatic rings. The summed E-state index contributed by atoms with van der Waals surface area (Å²) < 4.78 is 6.34. The van der Waals surface area contributed by atoms with Crippen LogP contribution in [-0.2, 0) is 6.54 Å². The molecule has 1 saturated carbocycles. The van der Waals surface area contributed by atoms with Gasteiger partial charge in [0, 0.05) is 25.0 Å². The van der Waals surface area contributed by atoms with E-state index < -0.39 is 0 Å². The van der Waals surface area contributed by atoms with Crippen molar-refractivity contribution in [2.45, 2.75) is 59.1 Å². The van der Waals surface area contributed by atoms with Gasteiger partial charge in [0.05, 0.1) is 19.3 Å².